The van der Waals surface area contributed by atoms with E-state index >= 15 is 0 Å². The molecule has 0 aromatic rings. The monoisotopic (exact) mass is 195 g/mol. The third-order valence-corrected chi connectivity index (χ3v) is 3.48. The Hall–Kier alpha value is -0.590. The second-order valence-electron chi connectivity index (χ2n) is 4.32. The van der Waals surface area contributed by atoms with Crippen LogP contribution in [0.25, 0.3) is 0 Å². The van der Waals surface area contributed by atoms with Gasteiger partial charge < -0.3 is 9.47 Å². The topological polar surface area (TPSA) is 42.2 Å². The molecular formula is C11H17NO2. The number of nitriles is 1. The molecule has 3 unspecified atom stereocenters. The number of ether oxygens (including phenoxy) is 2. The second-order valence-corrected chi connectivity index (χ2v) is 4.32. The predicted molar refractivity (Wildman–Crippen MR) is 51.7 cm³/mol. The Morgan fingerprint density at radius 3 is 3.00 bits per heavy atom. The van der Waals surface area contributed by atoms with Crippen molar-refractivity contribution in [3.8, 4) is 6.07 Å². The Morgan fingerprint density at radius 2 is 2.36 bits per heavy atom. The van der Waals surface area contributed by atoms with Crippen LogP contribution in [0.3, 0.4) is 0 Å². The van der Waals surface area contributed by atoms with Crippen LogP contribution in [0.4, 0.5) is 0 Å². The number of nitrogens with zero attached hydrogens (tertiary/aromatic N) is 1. The van der Waals surface area contributed by atoms with Crippen LogP contribution in [0.2, 0.25) is 0 Å². The van der Waals surface area contributed by atoms with Gasteiger partial charge in [0.15, 0.2) is 0 Å². The van der Waals surface area contributed by atoms with Gasteiger partial charge in [0.05, 0.1) is 30.3 Å². The molecule has 3 nitrogen and oxygen atoms in total. The highest BCUT2D eigenvalue weighted by Gasteiger charge is 2.45. The van der Waals surface area contributed by atoms with Gasteiger partial charge in [-0.3, -0.25) is 0 Å². The van der Waals surface area contributed by atoms with Gasteiger partial charge in [-0.1, -0.05) is 0 Å². The lowest BCUT2D eigenvalue weighted by molar-refractivity contribution is -0.150. The molecule has 2 rings (SSSR count). The molecule has 0 bridgehead atoms. The smallest absolute Gasteiger partial charge is 0.0966 e. The van der Waals surface area contributed by atoms with Crippen molar-refractivity contribution in [2.75, 3.05) is 6.61 Å². The molecule has 0 aromatic carbocycles. The molecule has 0 saturated carbocycles. The molecule has 0 aromatic heterocycles. The highest BCUT2D eigenvalue weighted by atomic mass is 16.6. The van der Waals surface area contributed by atoms with E-state index in [-0.39, 0.29) is 17.8 Å². The number of hydrogen-bond donors (Lipinski definition) is 0. The zero-order chi connectivity index (χ0) is 10.0. The Kier molecular flexibility index (Phi) is 2.76. The molecule has 2 fully saturated rings. The zero-order valence-electron chi connectivity index (χ0n) is 8.66. The lowest BCUT2D eigenvalue weighted by atomic mass is 9.86. The minimum absolute atomic E-state index is 0.0697. The van der Waals surface area contributed by atoms with Crippen molar-refractivity contribution >= 4 is 0 Å². The third-order valence-electron chi connectivity index (χ3n) is 3.48. The molecule has 2 aliphatic rings. The second kappa shape index (κ2) is 3.88. The first-order valence-electron chi connectivity index (χ1n) is 5.43. The summed E-state index contributed by atoms with van der Waals surface area (Å²) in [6, 6.07) is 2.19. The summed E-state index contributed by atoms with van der Waals surface area (Å²) in [6.45, 7) is 2.89. The van der Waals surface area contributed by atoms with E-state index in [0.717, 1.165) is 25.9 Å². The molecule has 0 amide bonds. The maximum atomic E-state index is 8.65. The van der Waals surface area contributed by atoms with E-state index in [1.165, 1.54) is 6.42 Å². The largest absolute Gasteiger partial charge is 0.375 e. The fraction of sp³-hybridized carbons (Fsp3) is 0.909. The predicted octanol–water partition coefficient (Wildman–Crippen LogP) is 2.02. The quantitative estimate of drug-likeness (QED) is 0.642. The highest BCUT2D eigenvalue weighted by molar-refractivity contribution is 4.96. The van der Waals surface area contributed by atoms with Crippen LogP contribution >= 0.6 is 0 Å². The Labute approximate surface area is 85.0 Å². The first-order valence-corrected chi connectivity index (χ1v) is 5.43. The van der Waals surface area contributed by atoms with Gasteiger partial charge in [0.25, 0.3) is 0 Å². The normalized spacial score (nSPS) is 42.6. The summed E-state index contributed by atoms with van der Waals surface area (Å²) in [4.78, 5) is 0. The number of rotatable bonds is 1. The van der Waals surface area contributed by atoms with Gasteiger partial charge in [0.2, 0.25) is 0 Å². The van der Waals surface area contributed by atoms with Gasteiger partial charge in [-0.25, -0.2) is 0 Å². The molecule has 0 radical (unpaired) electrons. The summed E-state index contributed by atoms with van der Waals surface area (Å²) >= 11 is 0. The van der Waals surface area contributed by atoms with Crippen molar-refractivity contribution in [2.24, 2.45) is 0 Å². The number of hydrogen-bond acceptors (Lipinski definition) is 3. The first-order chi connectivity index (χ1) is 6.77. The van der Waals surface area contributed by atoms with Crippen molar-refractivity contribution in [1.82, 2.24) is 0 Å². The summed E-state index contributed by atoms with van der Waals surface area (Å²) < 4.78 is 11.6. The van der Waals surface area contributed by atoms with E-state index in [1.807, 2.05) is 0 Å². The molecule has 2 saturated heterocycles. The highest BCUT2D eigenvalue weighted by Crippen LogP contribution is 2.40. The minimum atomic E-state index is -0.0697. The molecular weight excluding hydrogens is 178 g/mol. The Morgan fingerprint density at radius 1 is 1.50 bits per heavy atom. The van der Waals surface area contributed by atoms with E-state index in [4.69, 9.17) is 14.7 Å². The van der Waals surface area contributed by atoms with Crippen LogP contribution in [0, 0.1) is 11.3 Å². The summed E-state index contributed by atoms with van der Waals surface area (Å²) in [6.07, 6.45) is 5.14. The molecule has 3 atom stereocenters. The van der Waals surface area contributed by atoms with Crippen LogP contribution in [0.1, 0.15) is 39.0 Å². The maximum absolute atomic E-state index is 8.65. The molecule has 3 heteroatoms. The van der Waals surface area contributed by atoms with E-state index < -0.39 is 0 Å². The van der Waals surface area contributed by atoms with E-state index in [2.05, 4.69) is 13.0 Å². The van der Waals surface area contributed by atoms with Crippen LogP contribution in [0.15, 0.2) is 0 Å². The molecule has 1 spiro atoms. The third kappa shape index (κ3) is 1.65. The van der Waals surface area contributed by atoms with Crippen molar-refractivity contribution in [2.45, 2.75) is 56.8 Å². The van der Waals surface area contributed by atoms with Gasteiger partial charge in [-0.05, 0) is 26.2 Å². The first kappa shape index (κ1) is 9.95. The van der Waals surface area contributed by atoms with E-state index in [0.29, 0.717) is 6.42 Å². The summed E-state index contributed by atoms with van der Waals surface area (Å²) in [5, 5.41) is 8.65. The average Bonchev–Trinajstić information content (AvgIpc) is 2.49. The lowest BCUT2D eigenvalue weighted by Crippen LogP contribution is -2.45. The minimum Gasteiger partial charge on any atom is -0.375 e. The maximum Gasteiger partial charge on any atom is 0.0966 e. The average molecular weight is 195 g/mol. The molecule has 2 aliphatic heterocycles. The SMILES string of the molecule is CC1OCCC12CCCC(CC#N)O2. The van der Waals surface area contributed by atoms with Gasteiger partial charge in [-0.2, -0.15) is 5.26 Å². The summed E-state index contributed by atoms with van der Waals surface area (Å²) in [5.41, 5.74) is -0.0697. The fourth-order valence-electron chi connectivity index (χ4n) is 2.57. The molecule has 2 heterocycles. The van der Waals surface area contributed by atoms with E-state index in [1.54, 1.807) is 0 Å². The molecule has 0 N–H and O–H groups in total. The van der Waals surface area contributed by atoms with Crippen molar-refractivity contribution in [3.63, 3.8) is 0 Å². The molecule has 14 heavy (non-hydrogen) atoms. The van der Waals surface area contributed by atoms with Crippen molar-refractivity contribution in [3.05, 3.63) is 0 Å². The van der Waals surface area contributed by atoms with Crippen LogP contribution < -0.4 is 0 Å². The van der Waals surface area contributed by atoms with Crippen molar-refractivity contribution in [1.29, 1.82) is 5.26 Å². The van der Waals surface area contributed by atoms with Crippen LogP contribution in [-0.2, 0) is 9.47 Å². The molecule has 0 aliphatic carbocycles. The van der Waals surface area contributed by atoms with Crippen molar-refractivity contribution < 1.29 is 9.47 Å². The van der Waals surface area contributed by atoms with Gasteiger partial charge in [0.1, 0.15) is 0 Å². The zero-order valence-corrected chi connectivity index (χ0v) is 8.66. The lowest BCUT2D eigenvalue weighted by Gasteiger charge is -2.39. The van der Waals surface area contributed by atoms with E-state index in [9.17, 15) is 0 Å². The fourth-order valence-corrected chi connectivity index (χ4v) is 2.57. The van der Waals surface area contributed by atoms with Crippen LogP contribution in [0.5, 0.6) is 0 Å². The van der Waals surface area contributed by atoms with Crippen LogP contribution in [-0.4, -0.2) is 24.4 Å². The van der Waals surface area contributed by atoms with Gasteiger partial charge in [0, 0.05) is 13.0 Å². The standard InChI is InChI=1S/C11H17NO2/c1-9-11(6-8-13-9)5-2-3-10(14-11)4-7-12/h9-10H,2-6,8H2,1H3. The Balaban J connectivity index is 2.02. The summed E-state index contributed by atoms with van der Waals surface area (Å²) in [5.74, 6) is 0. The van der Waals surface area contributed by atoms with Gasteiger partial charge in [-0.15, -0.1) is 0 Å². The summed E-state index contributed by atoms with van der Waals surface area (Å²) in [7, 11) is 0. The Bertz CT molecular complexity index is 248. The van der Waals surface area contributed by atoms with Gasteiger partial charge >= 0.3 is 0 Å². The molecule has 78 valence electrons.